The fraction of sp³-hybridized carbons (Fsp3) is 0.562. The largest absolute Gasteiger partial charge is 0.491 e. The van der Waals surface area contributed by atoms with E-state index < -0.39 is 6.10 Å². The summed E-state index contributed by atoms with van der Waals surface area (Å²) in [7, 11) is 0. The van der Waals surface area contributed by atoms with Gasteiger partial charge in [-0.15, -0.1) is 0 Å². The molecule has 0 aliphatic carbocycles. The van der Waals surface area contributed by atoms with Crippen molar-refractivity contribution in [1.82, 2.24) is 4.90 Å². The van der Waals surface area contributed by atoms with E-state index in [-0.39, 0.29) is 5.78 Å². The second-order valence-corrected chi connectivity index (χ2v) is 5.26. The zero-order chi connectivity index (χ0) is 15.3. The summed E-state index contributed by atoms with van der Waals surface area (Å²) in [5.74, 6) is 1.08. The van der Waals surface area contributed by atoms with Crippen molar-refractivity contribution in [2.24, 2.45) is 0 Å². The average molecular weight is 307 g/mol. The molecule has 1 aromatic rings. The summed E-state index contributed by atoms with van der Waals surface area (Å²) in [5.41, 5.74) is 0. The Hall–Kier alpha value is -1.47. The third kappa shape index (κ3) is 3.64. The van der Waals surface area contributed by atoms with E-state index in [4.69, 9.17) is 18.9 Å². The minimum atomic E-state index is -1.15. The highest BCUT2D eigenvalue weighted by Crippen LogP contribution is 2.28. The summed E-state index contributed by atoms with van der Waals surface area (Å²) in [6.45, 7) is 2.93. The molecule has 2 aliphatic rings. The predicted octanol–water partition coefficient (Wildman–Crippen LogP) is 1.41. The van der Waals surface area contributed by atoms with Gasteiger partial charge in [0, 0.05) is 25.9 Å². The van der Waals surface area contributed by atoms with Gasteiger partial charge in [-0.25, -0.2) is 4.90 Å². The number of ketones is 1. The van der Waals surface area contributed by atoms with Crippen LogP contribution < -0.4 is 4.74 Å². The van der Waals surface area contributed by atoms with E-state index in [1.807, 2.05) is 35.2 Å². The van der Waals surface area contributed by atoms with Crippen LogP contribution in [0.15, 0.2) is 30.3 Å². The number of hydrogen-bond donors (Lipinski definition) is 0. The van der Waals surface area contributed by atoms with Gasteiger partial charge >= 0.3 is 6.10 Å². The summed E-state index contributed by atoms with van der Waals surface area (Å²) in [6, 6.07) is 9.58. The van der Waals surface area contributed by atoms with Gasteiger partial charge in [-0.05, 0) is 12.1 Å². The predicted molar refractivity (Wildman–Crippen MR) is 78.3 cm³/mol. The maximum absolute atomic E-state index is 11.4. The van der Waals surface area contributed by atoms with Crippen molar-refractivity contribution >= 4 is 5.78 Å². The van der Waals surface area contributed by atoms with Gasteiger partial charge in [0.25, 0.3) is 0 Å². The lowest BCUT2D eigenvalue weighted by atomic mass is 10.1. The Morgan fingerprint density at radius 3 is 2.41 bits per heavy atom. The van der Waals surface area contributed by atoms with Gasteiger partial charge in [0.05, 0.1) is 19.8 Å². The van der Waals surface area contributed by atoms with E-state index in [0.717, 1.165) is 5.75 Å². The van der Waals surface area contributed by atoms with Crippen LogP contribution in [0.25, 0.3) is 0 Å². The van der Waals surface area contributed by atoms with Crippen molar-refractivity contribution in [1.29, 1.82) is 0 Å². The molecule has 0 N–H and O–H groups in total. The molecule has 0 spiro atoms. The van der Waals surface area contributed by atoms with Crippen molar-refractivity contribution in [3.8, 4) is 5.75 Å². The SMILES string of the molecule is O=C1CCN(C2(OCCOc3ccccc3)OCCO2)CC1. The van der Waals surface area contributed by atoms with Crippen molar-refractivity contribution in [2.45, 2.75) is 18.9 Å². The summed E-state index contributed by atoms with van der Waals surface area (Å²) < 4.78 is 22.8. The average Bonchev–Trinajstić information content (AvgIpc) is 3.03. The van der Waals surface area contributed by atoms with Gasteiger partial charge in [0.2, 0.25) is 0 Å². The van der Waals surface area contributed by atoms with Crippen molar-refractivity contribution < 1.29 is 23.7 Å². The zero-order valence-electron chi connectivity index (χ0n) is 12.5. The molecule has 120 valence electrons. The second kappa shape index (κ2) is 7.19. The van der Waals surface area contributed by atoms with Gasteiger partial charge in [0.1, 0.15) is 18.1 Å². The number of carbonyl (C=O) groups is 1. The monoisotopic (exact) mass is 307 g/mol. The molecule has 0 unspecified atom stereocenters. The molecule has 1 aromatic carbocycles. The van der Waals surface area contributed by atoms with E-state index in [2.05, 4.69) is 0 Å². The number of para-hydroxylation sites is 1. The summed E-state index contributed by atoms with van der Waals surface area (Å²) in [4.78, 5) is 13.3. The maximum Gasteiger partial charge on any atom is 0.353 e. The Kier molecular flexibility index (Phi) is 5.04. The number of Topliss-reactive ketones (excluding diaryl/α,β-unsaturated/α-hetero) is 1. The van der Waals surface area contributed by atoms with Crippen LogP contribution in [-0.2, 0) is 19.0 Å². The van der Waals surface area contributed by atoms with Crippen molar-refractivity contribution in [3.63, 3.8) is 0 Å². The number of nitrogens with zero attached hydrogens (tertiary/aromatic N) is 1. The van der Waals surface area contributed by atoms with Crippen LogP contribution in [0.4, 0.5) is 0 Å². The highest BCUT2D eigenvalue weighted by atomic mass is 16.9. The Bertz CT molecular complexity index is 477. The molecule has 6 heteroatoms. The van der Waals surface area contributed by atoms with Gasteiger partial charge in [-0.3, -0.25) is 4.79 Å². The highest BCUT2D eigenvalue weighted by molar-refractivity contribution is 5.79. The fourth-order valence-corrected chi connectivity index (χ4v) is 2.62. The number of piperidine rings is 1. The zero-order valence-corrected chi connectivity index (χ0v) is 12.5. The summed E-state index contributed by atoms with van der Waals surface area (Å²) in [5, 5.41) is 0. The van der Waals surface area contributed by atoms with E-state index in [1.54, 1.807) is 0 Å². The quantitative estimate of drug-likeness (QED) is 0.741. The standard InChI is InChI=1S/C16H21NO5/c18-14-6-8-17(9-7-14)16(21-12-13-22-16)20-11-10-19-15-4-2-1-3-5-15/h1-5H,6-13H2. The third-order valence-corrected chi connectivity index (χ3v) is 3.74. The number of carbonyl (C=O) groups excluding carboxylic acids is 1. The number of hydrogen-bond acceptors (Lipinski definition) is 6. The lowest BCUT2D eigenvalue weighted by Gasteiger charge is -2.39. The highest BCUT2D eigenvalue weighted by Gasteiger charge is 2.45. The van der Waals surface area contributed by atoms with Gasteiger partial charge in [-0.1, -0.05) is 18.2 Å². The normalized spacial score (nSPS) is 21.9. The van der Waals surface area contributed by atoms with Gasteiger partial charge in [0.15, 0.2) is 0 Å². The molecule has 2 heterocycles. The van der Waals surface area contributed by atoms with Crippen molar-refractivity contribution in [3.05, 3.63) is 30.3 Å². The molecule has 6 nitrogen and oxygen atoms in total. The number of likely N-dealkylation sites (tertiary alicyclic amines) is 1. The van der Waals surface area contributed by atoms with E-state index in [9.17, 15) is 4.79 Å². The van der Waals surface area contributed by atoms with Crippen LogP contribution in [0, 0.1) is 0 Å². The molecule has 0 bridgehead atoms. The summed E-state index contributed by atoms with van der Waals surface area (Å²) >= 11 is 0. The molecule has 0 amide bonds. The van der Waals surface area contributed by atoms with E-state index in [0.29, 0.717) is 52.4 Å². The Balaban J connectivity index is 1.50. The van der Waals surface area contributed by atoms with Crippen LogP contribution in [-0.4, -0.2) is 56.3 Å². The fourth-order valence-electron chi connectivity index (χ4n) is 2.62. The molecule has 3 rings (SSSR count). The molecule has 0 aromatic heterocycles. The van der Waals surface area contributed by atoms with Gasteiger partial charge in [-0.2, -0.15) is 0 Å². The van der Waals surface area contributed by atoms with E-state index >= 15 is 0 Å². The Labute approximate surface area is 129 Å². The topological polar surface area (TPSA) is 57.2 Å². The minimum Gasteiger partial charge on any atom is -0.491 e. The number of rotatable bonds is 6. The number of benzene rings is 1. The molecule has 0 radical (unpaired) electrons. The molecular formula is C16H21NO5. The van der Waals surface area contributed by atoms with Crippen molar-refractivity contribution in [2.75, 3.05) is 39.5 Å². The smallest absolute Gasteiger partial charge is 0.353 e. The third-order valence-electron chi connectivity index (χ3n) is 3.74. The lowest BCUT2D eigenvalue weighted by molar-refractivity contribution is -0.407. The van der Waals surface area contributed by atoms with Crippen LogP contribution in [0.1, 0.15) is 12.8 Å². The molecule has 0 atom stereocenters. The number of ether oxygens (including phenoxy) is 4. The van der Waals surface area contributed by atoms with Gasteiger partial charge < -0.3 is 18.9 Å². The Morgan fingerprint density at radius 1 is 1.05 bits per heavy atom. The van der Waals surface area contributed by atoms with E-state index in [1.165, 1.54) is 0 Å². The Morgan fingerprint density at radius 2 is 1.73 bits per heavy atom. The first-order chi connectivity index (χ1) is 10.8. The molecule has 2 fully saturated rings. The first-order valence-electron chi connectivity index (χ1n) is 7.65. The molecule has 0 saturated carbocycles. The molecular weight excluding hydrogens is 286 g/mol. The lowest BCUT2D eigenvalue weighted by Crippen LogP contribution is -2.55. The maximum atomic E-state index is 11.4. The minimum absolute atomic E-state index is 0.275. The van der Waals surface area contributed by atoms with Crippen LogP contribution >= 0.6 is 0 Å². The van der Waals surface area contributed by atoms with Crippen LogP contribution in [0.5, 0.6) is 5.75 Å². The van der Waals surface area contributed by atoms with Crippen LogP contribution in [0.3, 0.4) is 0 Å². The molecule has 2 saturated heterocycles. The molecule has 2 aliphatic heterocycles. The summed E-state index contributed by atoms with van der Waals surface area (Å²) in [6.07, 6.45) is -0.128. The first-order valence-corrected chi connectivity index (χ1v) is 7.65. The molecule has 22 heavy (non-hydrogen) atoms. The second-order valence-electron chi connectivity index (χ2n) is 5.26. The first kappa shape index (κ1) is 15.4. The van der Waals surface area contributed by atoms with Crippen LogP contribution in [0.2, 0.25) is 0 Å².